The molecule has 0 aliphatic rings. The fourth-order valence-corrected chi connectivity index (χ4v) is 0.774. The number of rotatable bonds is 2. The zero-order valence-electron chi connectivity index (χ0n) is 6.88. The molecule has 0 aliphatic carbocycles. The number of ether oxygens (including phenoxy) is 1. The first-order valence-electron chi connectivity index (χ1n) is 3.43. The third kappa shape index (κ3) is 2.55. The summed E-state index contributed by atoms with van der Waals surface area (Å²) in [4.78, 5) is 13.2. The van der Waals surface area contributed by atoms with Gasteiger partial charge in [-0.25, -0.2) is 9.37 Å². The standard InChI is InChI=1S/C7H3F4NO3/c8-3-1-12-4(2-13)5(14)6(3)15-7(9,10)11/h1-2,14H. The Morgan fingerprint density at radius 1 is 1.47 bits per heavy atom. The molecule has 8 heteroatoms. The summed E-state index contributed by atoms with van der Waals surface area (Å²) >= 11 is 0. The van der Waals surface area contributed by atoms with Gasteiger partial charge >= 0.3 is 6.36 Å². The van der Waals surface area contributed by atoms with Gasteiger partial charge in [-0.3, -0.25) is 4.79 Å². The van der Waals surface area contributed by atoms with Gasteiger partial charge in [0.15, 0.2) is 17.9 Å². The lowest BCUT2D eigenvalue weighted by atomic mass is 10.3. The molecule has 0 atom stereocenters. The molecule has 15 heavy (non-hydrogen) atoms. The molecule has 1 rings (SSSR count). The van der Waals surface area contributed by atoms with Crippen LogP contribution in [0.4, 0.5) is 17.6 Å². The van der Waals surface area contributed by atoms with Gasteiger partial charge in [-0.05, 0) is 0 Å². The maximum absolute atomic E-state index is 12.7. The fourth-order valence-electron chi connectivity index (χ4n) is 0.774. The number of carbonyl (C=O) groups is 1. The average Bonchev–Trinajstić information content (AvgIpc) is 2.11. The van der Waals surface area contributed by atoms with Crippen LogP contribution in [0.5, 0.6) is 11.5 Å². The van der Waals surface area contributed by atoms with E-state index in [2.05, 4.69) is 9.72 Å². The number of hydrogen-bond donors (Lipinski definition) is 1. The molecule has 0 radical (unpaired) electrons. The van der Waals surface area contributed by atoms with E-state index >= 15 is 0 Å². The van der Waals surface area contributed by atoms with Crippen LogP contribution in [0.2, 0.25) is 0 Å². The Hall–Kier alpha value is -1.86. The SMILES string of the molecule is O=Cc1ncc(F)c(OC(F)(F)F)c1O. The summed E-state index contributed by atoms with van der Waals surface area (Å²) in [7, 11) is 0. The number of aldehydes is 1. The molecule has 1 aromatic heterocycles. The van der Waals surface area contributed by atoms with Crippen LogP contribution in [-0.4, -0.2) is 22.7 Å². The van der Waals surface area contributed by atoms with E-state index in [4.69, 9.17) is 5.11 Å². The third-order valence-corrected chi connectivity index (χ3v) is 1.32. The second-order valence-corrected chi connectivity index (χ2v) is 2.33. The van der Waals surface area contributed by atoms with Crippen molar-refractivity contribution in [2.24, 2.45) is 0 Å². The smallest absolute Gasteiger partial charge is 0.503 e. The summed E-state index contributed by atoms with van der Waals surface area (Å²) in [5.41, 5.74) is -0.740. The largest absolute Gasteiger partial charge is 0.573 e. The Kier molecular flexibility index (Phi) is 2.78. The maximum Gasteiger partial charge on any atom is 0.573 e. The second kappa shape index (κ2) is 3.71. The van der Waals surface area contributed by atoms with E-state index in [1.165, 1.54) is 0 Å². The zero-order valence-corrected chi connectivity index (χ0v) is 6.88. The third-order valence-electron chi connectivity index (χ3n) is 1.32. The quantitative estimate of drug-likeness (QED) is 0.613. The summed E-state index contributed by atoms with van der Waals surface area (Å²) in [6.45, 7) is 0. The van der Waals surface area contributed by atoms with Crippen molar-refractivity contribution in [1.82, 2.24) is 4.98 Å². The minimum Gasteiger partial charge on any atom is -0.503 e. The van der Waals surface area contributed by atoms with Crippen molar-refractivity contribution in [3.63, 3.8) is 0 Å². The van der Waals surface area contributed by atoms with Crippen LogP contribution in [-0.2, 0) is 0 Å². The van der Waals surface area contributed by atoms with Gasteiger partial charge in [0.25, 0.3) is 0 Å². The number of pyridine rings is 1. The van der Waals surface area contributed by atoms with Crippen molar-refractivity contribution in [1.29, 1.82) is 0 Å². The highest BCUT2D eigenvalue weighted by Gasteiger charge is 2.34. The number of halogens is 4. The normalized spacial score (nSPS) is 11.2. The molecule has 0 aliphatic heterocycles. The highest BCUT2D eigenvalue weighted by atomic mass is 19.4. The molecule has 4 nitrogen and oxygen atoms in total. The van der Waals surface area contributed by atoms with Crippen LogP contribution < -0.4 is 4.74 Å². The second-order valence-electron chi connectivity index (χ2n) is 2.33. The van der Waals surface area contributed by atoms with Gasteiger partial charge in [0.2, 0.25) is 5.75 Å². The van der Waals surface area contributed by atoms with E-state index in [1.54, 1.807) is 0 Å². The first-order chi connectivity index (χ1) is 6.85. The lowest BCUT2D eigenvalue weighted by Gasteiger charge is -2.11. The van der Waals surface area contributed by atoms with Crippen LogP contribution in [0, 0.1) is 5.82 Å². The Balaban J connectivity index is 3.21. The van der Waals surface area contributed by atoms with E-state index < -0.39 is 29.4 Å². The van der Waals surface area contributed by atoms with Gasteiger partial charge < -0.3 is 9.84 Å². The molecule has 0 spiro atoms. The van der Waals surface area contributed by atoms with Crippen LogP contribution in [0.25, 0.3) is 0 Å². The number of aromatic hydroxyl groups is 1. The van der Waals surface area contributed by atoms with Crippen molar-refractivity contribution < 1.29 is 32.2 Å². The summed E-state index contributed by atoms with van der Waals surface area (Å²) in [5, 5.41) is 8.97. The molecule has 0 fully saturated rings. The topological polar surface area (TPSA) is 59.4 Å². The molecule has 0 bridgehead atoms. The summed E-state index contributed by atoms with van der Waals surface area (Å²) in [6.07, 6.45) is -4.86. The number of nitrogens with zero attached hydrogens (tertiary/aromatic N) is 1. The Bertz CT molecular complexity index is 391. The van der Waals surface area contributed by atoms with Gasteiger partial charge in [0.1, 0.15) is 5.69 Å². The average molecular weight is 225 g/mol. The number of carbonyl (C=O) groups excluding carboxylic acids is 1. The zero-order chi connectivity index (χ0) is 11.6. The molecular formula is C7H3F4NO3. The van der Waals surface area contributed by atoms with Gasteiger partial charge in [-0.1, -0.05) is 0 Å². The van der Waals surface area contributed by atoms with Crippen LogP contribution >= 0.6 is 0 Å². The lowest BCUT2D eigenvalue weighted by molar-refractivity contribution is -0.276. The Labute approximate surface area is 80.1 Å². The summed E-state index contributed by atoms with van der Waals surface area (Å²) in [5.74, 6) is -4.28. The van der Waals surface area contributed by atoms with E-state index in [-0.39, 0.29) is 6.29 Å². The Morgan fingerprint density at radius 3 is 2.53 bits per heavy atom. The van der Waals surface area contributed by atoms with Crippen LogP contribution in [0.1, 0.15) is 10.5 Å². The molecule has 0 saturated heterocycles. The predicted octanol–water partition coefficient (Wildman–Crippen LogP) is 1.64. The Morgan fingerprint density at radius 2 is 2.07 bits per heavy atom. The van der Waals surface area contributed by atoms with Crippen LogP contribution in [0.15, 0.2) is 6.20 Å². The number of hydrogen-bond acceptors (Lipinski definition) is 4. The first kappa shape index (κ1) is 11.2. The van der Waals surface area contributed by atoms with Gasteiger partial charge in [-0.2, -0.15) is 0 Å². The predicted molar refractivity (Wildman–Crippen MR) is 37.9 cm³/mol. The molecule has 0 aromatic carbocycles. The van der Waals surface area contributed by atoms with Gasteiger partial charge in [-0.15, -0.1) is 13.2 Å². The van der Waals surface area contributed by atoms with Crippen molar-refractivity contribution in [2.75, 3.05) is 0 Å². The van der Waals surface area contributed by atoms with Crippen molar-refractivity contribution in [2.45, 2.75) is 6.36 Å². The highest BCUT2D eigenvalue weighted by molar-refractivity contribution is 5.77. The number of alkyl halides is 3. The van der Waals surface area contributed by atoms with Gasteiger partial charge in [0.05, 0.1) is 6.20 Å². The minimum atomic E-state index is -5.17. The molecule has 1 aromatic rings. The molecule has 1 N–H and O–H groups in total. The molecule has 1 heterocycles. The monoisotopic (exact) mass is 225 g/mol. The first-order valence-corrected chi connectivity index (χ1v) is 3.43. The molecule has 0 unspecified atom stereocenters. The fraction of sp³-hybridized carbons (Fsp3) is 0.143. The highest BCUT2D eigenvalue weighted by Crippen LogP contribution is 2.34. The molecule has 82 valence electrons. The van der Waals surface area contributed by atoms with E-state index in [9.17, 15) is 22.4 Å². The molecule has 0 saturated carbocycles. The molecular weight excluding hydrogens is 222 g/mol. The number of aromatic nitrogens is 1. The molecule has 0 amide bonds. The van der Waals surface area contributed by atoms with Crippen molar-refractivity contribution in [3.05, 3.63) is 17.7 Å². The van der Waals surface area contributed by atoms with Crippen molar-refractivity contribution >= 4 is 6.29 Å². The summed E-state index contributed by atoms with van der Waals surface area (Å²) in [6, 6.07) is 0. The van der Waals surface area contributed by atoms with Crippen LogP contribution in [0.3, 0.4) is 0 Å². The maximum atomic E-state index is 12.7. The van der Waals surface area contributed by atoms with E-state index in [0.717, 1.165) is 0 Å². The van der Waals surface area contributed by atoms with Crippen molar-refractivity contribution in [3.8, 4) is 11.5 Å². The van der Waals surface area contributed by atoms with Gasteiger partial charge in [0, 0.05) is 0 Å². The minimum absolute atomic E-state index is 0.0298. The summed E-state index contributed by atoms with van der Waals surface area (Å²) < 4.78 is 51.1. The lowest BCUT2D eigenvalue weighted by Crippen LogP contribution is -2.18. The van der Waals surface area contributed by atoms with E-state index in [1.807, 2.05) is 0 Å². The van der Waals surface area contributed by atoms with E-state index in [0.29, 0.717) is 6.20 Å².